The van der Waals surface area contributed by atoms with E-state index in [1.54, 1.807) is 10.9 Å². The Morgan fingerprint density at radius 3 is 2.62 bits per heavy atom. The first-order valence-electron chi connectivity index (χ1n) is 10.00. The van der Waals surface area contributed by atoms with Crippen molar-refractivity contribution in [2.45, 2.75) is 46.6 Å². The first-order chi connectivity index (χ1) is 13.9. The van der Waals surface area contributed by atoms with Gasteiger partial charge in [0.1, 0.15) is 0 Å². The minimum Gasteiger partial charge on any atom is -0.343 e. The Bertz CT molecular complexity index is 1160. The van der Waals surface area contributed by atoms with Crippen molar-refractivity contribution in [2.75, 3.05) is 13.1 Å². The van der Waals surface area contributed by atoms with E-state index in [0.29, 0.717) is 29.0 Å². The van der Waals surface area contributed by atoms with Crippen LogP contribution in [0.15, 0.2) is 29.3 Å². The van der Waals surface area contributed by atoms with Gasteiger partial charge in [-0.3, -0.25) is 18.7 Å². The summed E-state index contributed by atoms with van der Waals surface area (Å²) in [7, 11) is 0. The van der Waals surface area contributed by atoms with Crippen molar-refractivity contribution >= 4 is 28.5 Å². The number of aromatic nitrogens is 3. The lowest BCUT2D eigenvalue weighted by Crippen LogP contribution is -2.30. The fourth-order valence-corrected chi connectivity index (χ4v) is 4.27. The third kappa shape index (κ3) is 3.46. The highest BCUT2D eigenvalue weighted by atomic mass is 35.5. The molecule has 1 fully saturated rings. The van der Waals surface area contributed by atoms with E-state index >= 15 is 0 Å². The van der Waals surface area contributed by atoms with E-state index < -0.39 is 0 Å². The van der Waals surface area contributed by atoms with Gasteiger partial charge in [-0.2, -0.15) is 0 Å². The highest BCUT2D eigenvalue weighted by Gasteiger charge is 2.21. The molecule has 2 aromatic heterocycles. The summed E-state index contributed by atoms with van der Waals surface area (Å²) < 4.78 is 3.55. The van der Waals surface area contributed by atoms with E-state index in [0.717, 1.165) is 48.4 Å². The largest absolute Gasteiger partial charge is 0.343 e. The Morgan fingerprint density at radius 2 is 1.90 bits per heavy atom. The van der Waals surface area contributed by atoms with Gasteiger partial charge >= 0.3 is 0 Å². The molecule has 3 heterocycles. The molecule has 0 atom stereocenters. The zero-order valence-electron chi connectivity index (χ0n) is 17.0. The molecule has 1 saturated heterocycles. The molecule has 0 aliphatic carbocycles. The van der Waals surface area contributed by atoms with Gasteiger partial charge in [-0.15, -0.1) is 0 Å². The smallest absolute Gasteiger partial charge is 0.263 e. The Labute approximate surface area is 174 Å². The molecule has 1 amide bonds. The normalized spacial score (nSPS) is 14.1. The summed E-state index contributed by atoms with van der Waals surface area (Å²) in [5, 5.41) is 1.23. The lowest BCUT2D eigenvalue weighted by atomic mass is 10.2. The van der Waals surface area contributed by atoms with Crippen LogP contribution in [0.3, 0.4) is 0 Å². The van der Waals surface area contributed by atoms with Crippen molar-refractivity contribution in [1.82, 2.24) is 19.0 Å². The van der Waals surface area contributed by atoms with Crippen LogP contribution < -0.4 is 5.56 Å². The number of halogens is 1. The minimum absolute atomic E-state index is 0.106. The van der Waals surface area contributed by atoms with Crippen molar-refractivity contribution in [3.05, 3.63) is 56.7 Å². The van der Waals surface area contributed by atoms with E-state index in [4.69, 9.17) is 11.6 Å². The van der Waals surface area contributed by atoms with Gasteiger partial charge in [-0.1, -0.05) is 17.7 Å². The molecule has 1 aliphatic rings. The number of carbonyl (C=O) groups excluding carboxylic acids is 1. The number of hydrogen-bond donors (Lipinski definition) is 0. The number of hydrogen-bond acceptors (Lipinski definition) is 3. The van der Waals surface area contributed by atoms with Gasteiger partial charge < -0.3 is 4.90 Å². The maximum atomic E-state index is 13.2. The van der Waals surface area contributed by atoms with Crippen LogP contribution in [0.5, 0.6) is 0 Å². The van der Waals surface area contributed by atoms with Crippen molar-refractivity contribution in [2.24, 2.45) is 0 Å². The molecular weight excluding hydrogens is 388 g/mol. The molecule has 0 bridgehead atoms. The first-order valence-corrected chi connectivity index (χ1v) is 10.4. The fourth-order valence-electron chi connectivity index (χ4n) is 4.10. The summed E-state index contributed by atoms with van der Waals surface area (Å²) >= 11 is 6.22. The maximum absolute atomic E-state index is 13.2. The molecule has 6 nitrogen and oxygen atoms in total. The summed E-state index contributed by atoms with van der Waals surface area (Å²) in [4.78, 5) is 32.0. The second-order valence-corrected chi connectivity index (χ2v) is 8.19. The quantitative estimate of drug-likeness (QED) is 0.655. The number of fused-ring (bicyclic) bond motifs is 1. The molecule has 0 radical (unpaired) electrons. The molecule has 0 spiro atoms. The number of nitrogens with zero attached hydrogens (tertiary/aromatic N) is 4. The third-order valence-corrected chi connectivity index (χ3v) is 6.16. The molecule has 1 aromatic carbocycles. The molecule has 0 N–H and O–H groups in total. The Balaban J connectivity index is 1.74. The van der Waals surface area contributed by atoms with Crippen LogP contribution in [-0.4, -0.2) is 38.0 Å². The van der Waals surface area contributed by atoms with Crippen LogP contribution in [0.4, 0.5) is 0 Å². The van der Waals surface area contributed by atoms with E-state index in [2.05, 4.69) is 4.98 Å². The minimum atomic E-state index is -0.108. The van der Waals surface area contributed by atoms with E-state index in [1.165, 1.54) is 0 Å². The Kier molecular flexibility index (Phi) is 5.21. The summed E-state index contributed by atoms with van der Waals surface area (Å²) in [6.45, 7) is 7.93. The molecular formula is C22H25ClN4O2. The van der Waals surface area contributed by atoms with Crippen LogP contribution in [0.1, 0.15) is 36.1 Å². The van der Waals surface area contributed by atoms with Gasteiger partial charge in [0.05, 0.1) is 17.4 Å². The SMILES string of the molecule is Cc1ccc(Cl)cc1-n1c(C)c(C)c2c(=O)n(CCC(=O)N3CCCC3)cnc21. The number of carbonyl (C=O) groups is 1. The van der Waals surface area contributed by atoms with Crippen molar-refractivity contribution in [1.29, 1.82) is 0 Å². The van der Waals surface area contributed by atoms with Crippen LogP contribution in [0, 0.1) is 20.8 Å². The van der Waals surface area contributed by atoms with Crippen LogP contribution >= 0.6 is 11.6 Å². The van der Waals surface area contributed by atoms with Gasteiger partial charge in [-0.25, -0.2) is 4.98 Å². The monoisotopic (exact) mass is 412 g/mol. The standard InChI is InChI=1S/C22H25ClN4O2/c1-14-6-7-17(23)12-18(14)27-16(3)15(2)20-21(27)24-13-26(22(20)29)11-8-19(28)25-9-4-5-10-25/h6-7,12-13H,4-5,8-11H2,1-3H3. The second-order valence-electron chi connectivity index (χ2n) is 7.76. The zero-order chi connectivity index (χ0) is 20.7. The predicted octanol–water partition coefficient (Wildman–Crippen LogP) is 3.78. The number of amides is 1. The molecule has 1 aliphatic heterocycles. The summed E-state index contributed by atoms with van der Waals surface area (Å²) in [6.07, 6.45) is 4.00. The Morgan fingerprint density at radius 1 is 1.17 bits per heavy atom. The van der Waals surface area contributed by atoms with Crippen molar-refractivity contribution < 1.29 is 4.79 Å². The molecule has 0 saturated carbocycles. The van der Waals surface area contributed by atoms with Gasteiger partial charge in [0.15, 0.2) is 5.65 Å². The van der Waals surface area contributed by atoms with Crippen LogP contribution in [0.2, 0.25) is 5.02 Å². The van der Waals surface area contributed by atoms with E-state index in [-0.39, 0.29) is 11.5 Å². The lowest BCUT2D eigenvalue weighted by Gasteiger charge is -2.15. The predicted molar refractivity (Wildman–Crippen MR) is 115 cm³/mol. The van der Waals surface area contributed by atoms with Gasteiger partial charge in [0.2, 0.25) is 5.91 Å². The number of benzene rings is 1. The highest BCUT2D eigenvalue weighted by Crippen LogP contribution is 2.28. The first kappa shape index (κ1) is 19.7. The highest BCUT2D eigenvalue weighted by molar-refractivity contribution is 6.30. The van der Waals surface area contributed by atoms with E-state index in [1.807, 2.05) is 48.4 Å². The summed E-state index contributed by atoms with van der Waals surface area (Å²) in [5.74, 6) is 0.106. The number of rotatable bonds is 4. The molecule has 0 unspecified atom stereocenters. The lowest BCUT2D eigenvalue weighted by molar-refractivity contribution is -0.130. The Hall–Kier alpha value is -2.60. The van der Waals surface area contributed by atoms with Gasteiger partial charge in [0, 0.05) is 36.8 Å². The number of likely N-dealkylation sites (tertiary alicyclic amines) is 1. The zero-order valence-corrected chi connectivity index (χ0v) is 17.8. The number of aryl methyl sites for hydroxylation is 3. The molecule has 29 heavy (non-hydrogen) atoms. The fraction of sp³-hybridized carbons (Fsp3) is 0.409. The van der Waals surface area contributed by atoms with Crippen LogP contribution in [0.25, 0.3) is 16.7 Å². The van der Waals surface area contributed by atoms with Crippen LogP contribution in [-0.2, 0) is 11.3 Å². The molecule has 4 rings (SSSR count). The van der Waals surface area contributed by atoms with Gasteiger partial charge in [-0.05, 0) is 56.9 Å². The summed E-state index contributed by atoms with van der Waals surface area (Å²) in [6, 6.07) is 5.71. The van der Waals surface area contributed by atoms with Crippen molar-refractivity contribution in [3.8, 4) is 5.69 Å². The van der Waals surface area contributed by atoms with Crippen molar-refractivity contribution in [3.63, 3.8) is 0 Å². The molecule has 3 aromatic rings. The van der Waals surface area contributed by atoms with E-state index in [9.17, 15) is 9.59 Å². The molecule has 152 valence electrons. The summed E-state index contributed by atoms with van der Waals surface area (Å²) in [5.41, 5.74) is 4.34. The topological polar surface area (TPSA) is 60.1 Å². The molecule has 7 heteroatoms. The average Bonchev–Trinajstić information content (AvgIpc) is 3.31. The second kappa shape index (κ2) is 7.67. The van der Waals surface area contributed by atoms with Gasteiger partial charge in [0.25, 0.3) is 5.56 Å². The third-order valence-electron chi connectivity index (χ3n) is 5.92. The maximum Gasteiger partial charge on any atom is 0.263 e. The average molecular weight is 413 g/mol.